The lowest BCUT2D eigenvalue weighted by Gasteiger charge is -2.38. The lowest BCUT2D eigenvalue weighted by Crippen LogP contribution is -2.40. The van der Waals surface area contributed by atoms with Crippen molar-refractivity contribution in [2.45, 2.75) is 82.9 Å². The summed E-state index contributed by atoms with van der Waals surface area (Å²) in [6.45, 7) is 9.23. The van der Waals surface area contributed by atoms with Crippen molar-refractivity contribution >= 4 is 16.1 Å². The van der Waals surface area contributed by atoms with Crippen LogP contribution in [0.4, 0.5) is 4.79 Å². The molecule has 2 aliphatic heterocycles. The zero-order chi connectivity index (χ0) is 21.0. The topological polar surface area (TPSA) is 66.9 Å². The molecular weight excluding hydrogens is 388 g/mol. The fourth-order valence-corrected chi connectivity index (χ4v) is 6.74. The minimum Gasteiger partial charge on any atom is -0.444 e. The molecule has 7 heteroatoms. The van der Waals surface area contributed by atoms with Crippen LogP contribution >= 0.6 is 0 Å². The summed E-state index contributed by atoms with van der Waals surface area (Å²) in [5.41, 5.74) is 1.69. The van der Waals surface area contributed by atoms with Gasteiger partial charge in [0.1, 0.15) is 5.60 Å². The first-order valence-electron chi connectivity index (χ1n) is 10.6. The van der Waals surface area contributed by atoms with Crippen molar-refractivity contribution in [3.8, 4) is 0 Å². The van der Waals surface area contributed by atoms with Gasteiger partial charge in [0.05, 0.1) is 4.90 Å². The highest BCUT2D eigenvalue weighted by atomic mass is 32.2. The number of ether oxygens (including phenoxy) is 1. The lowest BCUT2D eigenvalue weighted by atomic mass is 9.68. The zero-order valence-electron chi connectivity index (χ0n) is 17.9. The SMILES string of the molecule is CC1CC2(CCC2)CN1S(=O)(=O)c1ccc2c(c1)CCN(C(=O)OC(C)(C)C)C2. The van der Waals surface area contributed by atoms with Crippen LogP contribution < -0.4 is 0 Å². The van der Waals surface area contributed by atoms with E-state index in [1.807, 2.05) is 39.8 Å². The molecule has 1 aliphatic carbocycles. The molecule has 1 atom stereocenters. The Morgan fingerprint density at radius 1 is 1.21 bits per heavy atom. The first-order chi connectivity index (χ1) is 13.5. The number of hydrogen-bond donors (Lipinski definition) is 0. The van der Waals surface area contributed by atoms with Gasteiger partial charge in [-0.3, -0.25) is 0 Å². The lowest BCUT2D eigenvalue weighted by molar-refractivity contribution is 0.0224. The van der Waals surface area contributed by atoms with Crippen LogP contribution in [-0.4, -0.2) is 48.4 Å². The van der Waals surface area contributed by atoms with Crippen molar-refractivity contribution in [3.05, 3.63) is 29.3 Å². The number of carbonyl (C=O) groups is 1. The third-order valence-electron chi connectivity index (χ3n) is 6.57. The maximum Gasteiger partial charge on any atom is 0.410 e. The Bertz CT molecular complexity index is 915. The first-order valence-corrected chi connectivity index (χ1v) is 12.0. The molecule has 1 aromatic carbocycles. The molecule has 1 unspecified atom stereocenters. The second-order valence-corrected chi connectivity index (χ2v) is 11.9. The predicted molar refractivity (Wildman–Crippen MR) is 111 cm³/mol. The van der Waals surface area contributed by atoms with Crippen molar-refractivity contribution in [1.82, 2.24) is 9.21 Å². The molecule has 3 aliphatic rings. The fourth-order valence-electron chi connectivity index (χ4n) is 4.95. The highest BCUT2D eigenvalue weighted by Gasteiger charge is 2.50. The van der Waals surface area contributed by atoms with Gasteiger partial charge in [0.2, 0.25) is 10.0 Å². The minimum atomic E-state index is -3.49. The molecule has 1 amide bonds. The predicted octanol–water partition coefficient (Wildman–Crippen LogP) is 3.93. The molecule has 0 N–H and O–H groups in total. The van der Waals surface area contributed by atoms with E-state index in [0.717, 1.165) is 30.4 Å². The Labute approximate surface area is 174 Å². The van der Waals surface area contributed by atoms with Gasteiger partial charge in [0, 0.05) is 25.7 Å². The van der Waals surface area contributed by atoms with Gasteiger partial charge in [-0.15, -0.1) is 0 Å². The molecule has 2 fully saturated rings. The molecule has 0 aromatic heterocycles. The summed E-state index contributed by atoms with van der Waals surface area (Å²) in [6, 6.07) is 5.43. The minimum absolute atomic E-state index is 0.0546. The Hall–Kier alpha value is -1.60. The number of carbonyl (C=O) groups excluding carboxylic acids is 1. The number of sulfonamides is 1. The van der Waals surface area contributed by atoms with Crippen LogP contribution in [0.25, 0.3) is 0 Å². The quantitative estimate of drug-likeness (QED) is 0.727. The van der Waals surface area contributed by atoms with E-state index >= 15 is 0 Å². The molecule has 1 saturated heterocycles. The Morgan fingerprint density at radius 2 is 1.93 bits per heavy atom. The molecule has 29 heavy (non-hydrogen) atoms. The van der Waals surface area contributed by atoms with Crippen LogP contribution in [0, 0.1) is 5.41 Å². The number of fused-ring (bicyclic) bond motifs is 1. The Kier molecular flexibility index (Phi) is 4.97. The summed E-state index contributed by atoms with van der Waals surface area (Å²) < 4.78 is 33.8. The first kappa shape index (κ1) is 20.7. The number of benzene rings is 1. The smallest absolute Gasteiger partial charge is 0.410 e. The number of hydrogen-bond acceptors (Lipinski definition) is 4. The maximum atomic E-state index is 13.3. The third kappa shape index (κ3) is 3.91. The largest absolute Gasteiger partial charge is 0.444 e. The zero-order valence-corrected chi connectivity index (χ0v) is 18.7. The fraction of sp³-hybridized carbons (Fsp3) is 0.682. The van der Waals surface area contributed by atoms with Crippen molar-refractivity contribution < 1.29 is 17.9 Å². The van der Waals surface area contributed by atoms with Gasteiger partial charge >= 0.3 is 6.09 Å². The maximum absolute atomic E-state index is 13.3. The molecule has 160 valence electrons. The third-order valence-corrected chi connectivity index (χ3v) is 8.53. The van der Waals surface area contributed by atoms with Crippen LogP contribution in [0.5, 0.6) is 0 Å². The number of amides is 1. The molecule has 6 nitrogen and oxygen atoms in total. The standard InChI is InChI=1S/C22H32N2O4S/c1-16-13-22(9-5-10-22)15-24(16)29(26,27)19-7-6-18-14-23(11-8-17(18)12-19)20(25)28-21(2,3)4/h6-7,12,16H,5,8-11,13-15H2,1-4H3. The van der Waals surface area contributed by atoms with E-state index in [0.29, 0.717) is 31.0 Å². The van der Waals surface area contributed by atoms with Crippen LogP contribution in [0.2, 0.25) is 0 Å². The van der Waals surface area contributed by atoms with Crippen LogP contribution in [0.1, 0.15) is 64.5 Å². The second-order valence-electron chi connectivity index (χ2n) is 10.0. The summed E-state index contributed by atoms with van der Waals surface area (Å²) in [4.78, 5) is 14.4. The Balaban J connectivity index is 1.51. The summed E-state index contributed by atoms with van der Waals surface area (Å²) in [6.07, 6.45) is 4.80. The summed E-state index contributed by atoms with van der Waals surface area (Å²) in [5, 5.41) is 0. The molecule has 0 bridgehead atoms. The molecule has 2 heterocycles. The van der Waals surface area contributed by atoms with Crippen molar-refractivity contribution in [2.24, 2.45) is 5.41 Å². The van der Waals surface area contributed by atoms with Crippen molar-refractivity contribution in [3.63, 3.8) is 0 Å². The van der Waals surface area contributed by atoms with Gasteiger partial charge in [-0.2, -0.15) is 4.31 Å². The van der Waals surface area contributed by atoms with Crippen LogP contribution in [-0.2, 0) is 27.7 Å². The molecular formula is C22H32N2O4S. The molecule has 0 radical (unpaired) electrons. The molecule has 1 aromatic rings. The van der Waals surface area contributed by atoms with E-state index in [4.69, 9.17) is 4.74 Å². The summed E-state index contributed by atoms with van der Waals surface area (Å²) >= 11 is 0. The van der Waals surface area contributed by atoms with E-state index in [9.17, 15) is 13.2 Å². The normalized spacial score (nSPS) is 24.3. The summed E-state index contributed by atoms with van der Waals surface area (Å²) in [5.74, 6) is 0. The average Bonchev–Trinajstić information content (AvgIpc) is 2.98. The number of nitrogens with zero attached hydrogens (tertiary/aromatic N) is 2. The van der Waals surface area contributed by atoms with Gasteiger partial charge in [-0.25, -0.2) is 13.2 Å². The van der Waals surface area contributed by atoms with E-state index in [1.165, 1.54) is 6.42 Å². The van der Waals surface area contributed by atoms with E-state index in [-0.39, 0.29) is 17.6 Å². The monoisotopic (exact) mass is 420 g/mol. The molecule has 4 rings (SSSR count). The van der Waals surface area contributed by atoms with Crippen LogP contribution in [0.15, 0.2) is 23.1 Å². The van der Waals surface area contributed by atoms with Crippen molar-refractivity contribution in [1.29, 1.82) is 0 Å². The van der Waals surface area contributed by atoms with E-state index in [2.05, 4.69) is 0 Å². The summed E-state index contributed by atoms with van der Waals surface area (Å²) in [7, 11) is -3.49. The van der Waals surface area contributed by atoms with Crippen LogP contribution in [0.3, 0.4) is 0 Å². The van der Waals surface area contributed by atoms with Gasteiger partial charge in [-0.1, -0.05) is 12.5 Å². The number of rotatable bonds is 2. The second kappa shape index (κ2) is 6.98. The van der Waals surface area contributed by atoms with E-state index in [1.54, 1.807) is 15.3 Å². The van der Waals surface area contributed by atoms with Crippen molar-refractivity contribution in [2.75, 3.05) is 13.1 Å². The van der Waals surface area contributed by atoms with E-state index < -0.39 is 15.6 Å². The molecule has 1 saturated carbocycles. The highest BCUT2D eigenvalue weighted by Crippen LogP contribution is 2.51. The Morgan fingerprint density at radius 3 is 2.52 bits per heavy atom. The highest BCUT2D eigenvalue weighted by molar-refractivity contribution is 7.89. The van der Waals surface area contributed by atoms with Gasteiger partial charge in [0.15, 0.2) is 0 Å². The average molecular weight is 421 g/mol. The van der Waals surface area contributed by atoms with Gasteiger partial charge < -0.3 is 9.64 Å². The molecule has 1 spiro atoms. The van der Waals surface area contributed by atoms with Gasteiger partial charge in [0.25, 0.3) is 0 Å². The van der Waals surface area contributed by atoms with Gasteiger partial charge in [-0.05, 0) is 82.1 Å².